The number of nitrogens with one attached hydrogen (secondary N) is 2. The van der Waals surface area contributed by atoms with E-state index in [1.165, 1.54) is 0 Å². The summed E-state index contributed by atoms with van der Waals surface area (Å²) in [4.78, 5) is 13.5. The number of piperazine rings is 1. The molecule has 0 aliphatic carbocycles. The number of rotatable bonds is 6. The quantitative estimate of drug-likeness (QED) is 0.316. The lowest BCUT2D eigenvalue weighted by molar-refractivity contribution is 0.270. The van der Waals surface area contributed by atoms with E-state index in [-0.39, 0.29) is 35.8 Å². The number of anilines is 1. The van der Waals surface area contributed by atoms with E-state index in [1.807, 2.05) is 16.8 Å². The molecule has 1 atom stereocenters. The minimum Gasteiger partial charge on any atom is -0.367 e. The van der Waals surface area contributed by atoms with E-state index in [4.69, 9.17) is 0 Å². The summed E-state index contributed by atoms with van der Waals surface area (Å²) >= 11 is 0. The summed E-state index contributed by atoms with van der Waals surface area (Å²) in [6.07, 6.45) is 2.74. The van der Waals surface area contributed by atoms with Gasteiger partial charge in [-0.2, -0.15) is 5.10 Å². The van der Waals surface area contributed by atoms with Gasteiger partial charge in [-0.3, -0.25) is 4.99 Å². The number of fused-ring (bicyclic) bond motifs is 1. The number of benzene rings is 1. The number of nitrogens with zero attached hydrogens (tertiary/aromatic N) is 6. The number of aromatic nitrogens is 3. The van der Waals surface area contributed by atoms with E-state index in [1.54, 1.807) is 13.1 Å². The number of guanidine groups is 1. The topological polar surface area (TPSA) is 73.6 Å². The standard InChI is InChI=1S/C23H35FN8.HI/c1-4-21-28-22-9-7-18(16-32(22)29-21)27-23(25-3)26-15-17-6-8-20(19(24)14-17)31-12-10-30(5-2)11-13-31;/h6,8,14,18H,4-5,7,9-13,15-16H2,1-3H3,(H2,25,26,27);1H. The van der Waals surface area contributed by atoms with Crippen molar-refractivity contribution in [1.29, 1.82) is 0 Å². The highest BCUT2D eigenvalue weighted by Gasteiger charge is 2.22. The number of hydrogen-bond donors (Lipinski definition) is 2. The molecule has 0 radical (unpaired) electrons. The fraction of sp³-hybridized carbons (Fsp3) is 0.609. The molecule has 1 unspecified atom stereocenters. The van der Waals surface area contributed by atoms with E-state index in [2.05, 4.69) is 49.4 Å². The van der Waals surface area contributed by atoms with Crippen LogP contribution >= 0.6 is 24.0 Å². The van der Waals surface area contributed by atoms with E-state index in [0.717, 1.165) is 81.7 Å². The molecule has 2 aliphatic heterocycles. The second kappa shape index (κ2) is 12.0. The average Bonchev–Trinajstić information content (AvgIpc) is 3.24. The van der Waals surface area contributed by atoms with Crippen molar-refractivity contribution in [2.75, 3.05) is 44.7 Å². The van der Waals surface area contributed by atoms with Gasteiger partial charge in [-0.1, -0.05) is 19.9 Å². The van der Waals surface area contributed by atoms with E-state index in [0.29, 0.717) is 12.2 Å². The molecular weight excluding hydrogens is 534 g/mol. The highest BCUT2D eigenvalue weighted by molar-refractivity contribution is 14.0. The van der Waals surface area contributed by atoms with E-state index >= 15 is 0 Å². The lowest BCUT2D eigenvalue weighted by atomic mass is 10.1. The Morgan fingerprint density at radius 3 is 2.67 bits per heavy atom. The van der Waals surface area contributed by atoms with Gasteiger partial charge in [0.05, 0.1) is 12.2 Å². The second-order valence-electron chi connectivity index (χ2n) is 8.49. The van der Waals surface area contributed by atoms with Gasteiger partial charge in [0.15, 0.2) is 11.8 Å². The Morgan fingerprint density at radius 1 is 1.21 bits per heavy atom. The predicted octanol–water partition coefficient (Wildman–Crippen LogP) is 2.42. The first kappa shape index (κ1) is 25.7. The molecule has 0 spiro atoms. The SMILES string of the molecule is CCc1nc2n(n1)CC(NC(=NC)NCc1ccc(N3CCN(CC)CC3)c(F)c1)CC2.I. The Kier molecular flexibility index (Phi) is 9.30. The van der Waals surface area contributed by atoms with Gasteiger partial charge in [0.1, 0.15) is 11.6 Å². The first-order chi connectivity index (χ1) is 15.6. The molecule has 182 valence electrons. The van der Waals surface area contributed by atoms with E-state index in [9.17, 15) is 4.39 Å². The molecule has 1 aromatic carbocycles. The van der Waals surface area contributed by atoms with Crippen molar-refractivity contribution in [3.8, 4) is 0 Å². The monoisotopic (exact) mass is 570 g/mol. The molecule has 0 saturated carbocycles. The minimum atomic E-state index is -0.157. The lowest BCUT2D eigenvalue weighted by Crippen LogP contribution is -2.47. The molecule has 1 aromatic heterocycles. The average molecular weight is 570 g/mol. The van der Waals surface area contributed by atoms with Gasteiger partial charge in [0.2, 0.25) is 0 Å². The van der Waals surface area contributed by atoms with Crippen LogP contribution in [0.25, 0.3) is 0 Å². The van der Waals surface area contributed by atoms with Crippen molar-refractivity contribution >= 4 is 35.6 Å². The highest BCUT2D eigenvalue weighted by Crippen LogP contribution is 2.22. The maximum atomic E-state index is 14.8. The maximum absolute atomic E-state index is 14.8. The van der Waals surface area contributed by atoms with Gasteiger partial charge < -0.3 is 20.4 Å². The van der Waals surface area contributed by atoms with Crippen LogP contribution in [0.15, 0.2) is 23.2 Å². The minimum absolute atomic E-state index is 0. The summed E-state index contributed by atoms with van der Waals surface area (Å²) in [5.74, 6) is 2.53. The second-order valence-corrected chi connectivity index (χ2v) is 8.49. The highest BCUT2D eigenvalue weighted by atomic mass is 127. The van der Waals surface area contributed by atoms with Crippen molar-refractivity contribution in [1.82, 2.24) is 30.3 Å². The van der Waals surface area contributed by atoms with Crippen molar-refractivity contribution in [3.05, 3.63) is 41.2 Å². The Bertz CT molecular complexity index is 939. The largest absolute Gasteiger partial charge is 0.367 e. The molecule has 2 N–H and O–H groups in total. The zero-order valence-corrected chi connectivity index (χ0v) is 22.2. The zero-order chi connectivity index (χ0) is 22.5. The van der Waals surface area contributed by atoms with E-state index < -0.39 is 0 Å². The molecule has 0 amide bonds. The lowest BCUT2D eigenvalue weighted by Gasteiger charge is -2.35. The molecule has 1 saturated heterocycles. The summed E-state index contributed by atoms with van der Waals surface area (Å²) in [5, 5.41) is 11.4. The molecule has 2 aromatic rings. The molecule has 2 aliphatic rings. The Balaban J connectivity index is 0.00000306. The van der Waals surface area contributed by atoms with Crippen LogP contribution in [0.4, 0.5) is 10.1 Å². The Labute approximate surface area is 213 Å². The van der Waals surface area contributed by atoms with Crippen LogP contribution in [0.1, 0.15) is 37.5 Å². The van der Waals surface area contributed by atoms with Gasteiger partial charge in [0.25, 0.3) is 0 Å². The fourth-order valence-electron chi connectivity index (χ4n) is 4.42. The summed E-state index contributed by atoms with van der Waals surface area (Å²) in [7, 11) is 1.76. The van der Waals surface area contributed by atoms with Gasteiger partial charge >= 0.3 is 0 Å². The molecule has 4 rings (SSSR count). The molecule has 1 fully saturated rings. The van der Waals surface area contributed by atoms with Gasteiger partial charge in [0, 0.05) is 58.7 Å². The van der Waals surface area contributed by atoms with Crippen LogP contribution in [0, 0.1) is 5.82 Å². The molecule has 33 heavy (non-hydrogen) atoms. The van der Waals surface area contributed by atoms with Crippen molar-refractivity contribution in [2.45, 2.75) is 52.2 Å². The Hall–Kier alpha value is -1.95. The first-order valence-electron chi connectivity index (χ1n) is 11.7. The number of likely N-dealkylation sites (N-methyl/N-ethyl adjacent to an activating group) is 1. The van der Waals surface area contributed by atoms with Crippen molar-refractivity contribution < 1.29 is 4.39 Å². The van der Waals surface area contributed by atoms with Crippen LogP contribution in [-0.4, -0.2) is 71.4 Å². The Morgan fingerprint density at radius 2 is 2.00 bits per heavy atom. The summed E-state index contributed by atoms with van der Waals surface area (Å²) in [6, 6.07) is 5.78. The molecule has 8 nitrogen and oxygen atoms in total. The molecular formula is C23H36FIN8. The molecule has 3 heterocycles. The number of hydrogen-bond acceptors (Lipinski definition) is 5. The van der Waals surface area contributed by atoms with Crippen LogP contribution in [-0.2, 0) is 25.9 Å². The third kappa shape index (κ3) is 6.34. The molecule has 0 bridgehead atoms. The summed E-state index contributed by atoms with van der Waals surface area (Å²) in [6.45, 7) is 10.3. The van der Waals surface area contributed by atoms with Crippen molar-refractivity contribution in [3.63, 3.8) is 0 Å². The number of halogens is 2. The van der Waals surface area contributed by atoms with Gasteiger partial charge in [-0.25, -0.2) is 14.1 Å². The van der Waals surface area contributed by atoms with Crippen LogP contribution < -0.4 is 15.5 Å². The summed E-state index contributed by atoms with van der Waals surface area (Å²) in [5.41, 5.74) is 1.60. The zero-order valence-electron chi connectivity index (χ0n) is 19.8. The predicted molar refractivity (Wildman–Crippen MR) is 141 cm³/mol. The van der Waals surface area contributed by atoms with Crippen molar-refractivity contribution in [2.24, 2.45) is 4.99 Å². The van der Waals surface area contributed by atoms with Crippen LogP contribution in [0.5, 0.6) is 0 Å². The summed E-state index contributed by atoms with van der Waals surface area (Å²) < 4.78 is 16.8. The third-order valence-electron chi connectivity index (χ3n) is 6.41. The smallest absolute Gasteiger partial charge is 0.191 e. The fourth-order valence-corrected chi connectivity index (χ4v) is 4.42. The number of aliphatic imine (C=N–C) groups is 1. The maximum Gasteiger partial charge on any atom is 0.191 e. The van der Waals surface area contributed by atoms with Gasteiger partial charge in [-0.15, -0.1) is 24.0 Å². The van der Waals surface area contributed by atoms with Gasteiger partial charge in [-0.05, 0) is 30.7 Å². The number of aryl methyl sites for hydroxylation is 2. The molecule has 10 heteroatoms. The first-order valence-corrected chi connectivity index (χ1v) is 11.7. The van der Waals surface area contributed by atoms with Crippen LogP contribution in [0.3, 0.4) is 0 Å². The van der Waals surface area contributed by atoms with Crippen LogP contribution in [0.2, 0.25) is 0 Å². The third-order valence-corrected chi connectivity index (χ3v) is 6.41. The normalized spacial score (nSPS) is 19.1.